The number of carbonyl (C=O) groups is 1. The molecule has 4 nitrogen and oxygen atoms in total. The predicted octanol–water partition coefficient (Wildman–Crippen LogP) is 5.37. The van der Waals surface area contributed by atoms with Crippen LogP contribution in [0, 0.1) is 5.92 Å². The van der Waals surface area contributed by atoms with Crippen LogP contribution in [0.25, 0.3) is 22.6 Å². The van der Waals surface area contributed by atoms with Crippen LogP contribution in [-0.4, -0.2) is 10.9 Å². The van der Waals surface area contributed by atoms with Gasteiger partial charge in [-0.05, 0) is 41.5 Å². The number of oxazole rings is 1. The van der Waals surface area contributed by atoms with Gasteiger partial charge in [-0.3, -0.25) is 4.79 Å². The van der Waals surface area contributed by atoms with Gasteiger partial charge in [0, 0.05) is 21.6 Å². The molecule has 0 aliphatic carbocycles. The first kappa shape index (κ1) is 16.5. The second kappa shape index (κ2) is 7.01. The molecule has 122 valence electrons. The van der Waals surface area contributed by atoms with Crippen molar-refractivity contribution in [3.05, 3.63) is 59.4 Å². The Morgan fingerprint density at radius 1 is 1.12 bits per heavy atom. The maximum atomic E-state index is 11.8. The van der Waals surface area contributed by atoms with Gasteiger partial charge < -0.3 is 9.73 Å². The van der Waals surface area contributed by atoms with Gasteiger partial charge in [0.1, 0.15) is 6.26 Å². The lowest BCUT2D eigenvalue weighted by atomic mass is 10.0. The van der Waals surface area contributed by atoms with Crippen LogP contribution in [0.15, 0.2) is 63.8 Å². The molecule has 1 aromatic heterocycles. The summed E-state index contributed by atoms with van der Waals surface area (Å²) in [7, 11) is 0. The van der Waals surface area contributed by atoms with Gasteiger partial charge >= 0.3 is 0 Å². The number of amides is 1. The molecule has 0 aliphatic rings. The van der Waals surface area contributed by atoms with Gasteiger partial charge in [-0.15, -0.1) is 0 Å². The van der Waals surface area contributed by atoms with E-state index < -0.39 is 0 Å². The van der Waals surface area contributed by atoms with Crippen molar-refractivity contribution in [2.45, 2.75) is 13.8 Å². The molecule has 0 saturated carbocycles. The lowest BCUT2D eigenvalue weighted by Crippen LogP contribution is -2.17. The first-order chi connectivity index (χ1) is 11.5. The van der Waals surface area contributed by atoms with Crippen molar-refractivity contribution < 1.29 is 9.21 Å². The highest BCUT2D eigenvalue weighted by Gasteiger charge is 2.10. The minimum absolute atomic E-state index is 0.00909. The van der Waals surface area contributed by atoms with E-state index >= 15 is 0 Å². The number of nitrogens with one attached hydrogen (secondary N) is 1. The second-order valence-corrected chi connectivity index (χ2v) is 6.61. The molecule has 2 aromatic carbocycles. The highest BCUT2D eigenvalue weighted by molar-refractivity contribution is 9.10. The molecule has 0 radical (unpaired) electrons. The zero-order valence-corrected chi connectivity index (χ0v) is 15.0. The zero-order valence-electron chi connectivity index (χ0n) is 13.4. The predicted molar refractivity (Wildman–Crippen MR) is 98.5 cm³/mol. The molecule has 0 saturated heterocycles. The summed E-state index contributed by atoms with van der Waals surface area (Å²) < 4.78 is 6.34. The molecule has 24 heavy (non-hydrogen) atoms. The number of halogens is 1. The number of rotatable bonds is 4. The Morgan fingerprint density at radius 3 is 2.46 bits per heavy atom. The van der Waals surface area contributed by atoms with Crippen molar-refractivity contribution in [3.63, 3.8) is 0 Å². The molecule has 0 atom stereocenters. The van der Waals surface area contributed by atoms with E-state index in [9.17, 15) is 4.79 Å². The van der Waals surface area contributed by atoms with E-state index in [4.69, 9.17) is 4.42 Å². The van der Waals surface area contributed by atoms with Gasteiger partial charge in [0.15, 0.2) is 0 Å². The fraction of sp³-hybridized carbons (Fsp3) is 0.158. The summed E-state index contributed by atoms with van der Waals surface area (Å²) in [6.45, 7) is 3.74. The quantitative estimate of drug-likeness (QED) is 0.657. The fourth-order valence-electron chi connectivity index (χ4n) is 2.27. The third kappa shape index (κ3) is 3.57. The molecule has 3 rings (SSSR count). The molecule has 0 bridgehead atoms. The summed E-state index contributed by atoms with van der Waals surface area (Å²) in [5, 5.41) is 2.89. The largest absolute Gasteiger partial charge is 0.445 e. The van der Waals surface area contributed by atoms with Crippen LogP contribution < -0.4 is 5.32 Å². The van der Waals surface area contributed by atoms with E-state index in [-0.39, 0.29) is 11.8 Å². The van der Waals surface area contributed by atoms with Crippen molar-refractivity contribution >= 4 is 27.5 Å². The van der Waals surface area contributed by atoms with E-state index in [2.05, 4.69) is 26.2 Å². The summed E-state index contributed by atoms with van der Waals surface area (Å²) in [5.74, 6) is 0.552. The molecular weight excluding hydrogens is 368 g/mol. The summed E-state index contributed by atoms with van der Waals surface area (Å²) in [4.78, 5) is 15.9. The first-order valence-electron chi connectivity index (χ1n) is 7.65. The van der Waals surface area contributed by atoms with E-state index in [1.165, 1.54) is 0 Å². The number of benzene rings is 2. The molecule has 1 heterocycles. The normalized spacial score (nSPS) is 10.8. The number of hydrogen-bond acceptors (Lipinski definition) is 3. The van der Waals surface area contributed by atoms with Crippen LogP contribution in [0.1, 0.15) is 13.8 Å². The molecule has 0 aliphatic heterocycles. The van der Waals surface area contributed by atoms with E-state index in [1.54, 1.807) is 12.5 Å². The molecule has 3 aromatic rings. The molecular formula is C19H17BrN2O2. The third-order valence-electron chi connectivity index (χ3n) is 3.63. The van der Waals surface area contributed by atoms with Crippen molar-refractivity contribution in [2.75, 3.05) is 5.32 Å². The van der Waals surface area contributed by atoms with Gasteiger partial charge in [-0.2, -0.15) is 0 Å². The fourth-order valence-corrected chi connectivity index (χ4v) is 2.74. The Balaban J connectivity index is 1.89. The maximum absolute atomic E-state index is 11.8. The maximum Gasteiger partial charge on any atom is 0.226 e. The van der Waals surface area contributed by atoms with Crippen LogP contribution in [0.5, 0.6) is 0 Å². The number of anilines is 1. The Hall–Kier alpha value is -2.40. The topological polar surface area (TPSA) is 55.1 Å². The van der Waals surface area contributed by atoms with Crippen molar-refractivity contribution in [3.8, 4) is 22.6 Å². The number of aromatic nitrogens is 1. The first-order valence-corrected chi connectivity index (χ1v) is 8.44. The number of carbonyl (C=O) groups excluding carboxylic acids is 1. The van der Waals surface area contributed by atoms with Crippen LogP contribution in [0.2, 0.25) is 0 Å². The summed E-state index contributed by atoms with van der Waals surface area (Å²) in [6.07, 6.45) is 3.19. The number of hydrogen-bond donors (Lipinski definition) is 1. The Morgan fingerprint density at radius 2 is 1.83 bits per heavy atom. The van der Waals surface area contributed by atoms with Crippen LogP contribution in [0.4, 0.5) is 5.69 Å². The number of nitrogens with zero attached hydrogens (tertiary/aromatic N) is 1. The average molecular weight is 385 g/mol. The van der Waals surface area contributed by atoms with Gasteiger partial charge in [-0.25, -0.2) is 4.98 Å². The van der Waals surface area contributed by atoms with Gasteiger partial charge in [0.2, 0.25) is 11.8 Å². The molecule has 1 N–H and O–H groups in total. The Bertz CT molecular complexity index is 840. The third-order valence-corrected chi connectivity index (χ3v) is 4.32. The highest BCUT2D eigenvalue weighted by atomic mass is 79.9. The lowest BCUT2D eigenvalue weighted by Gasteiger charge is -2.10. The minimum Gasteiger partial charge on any atom is -0.445 e. The monoisotopic (exact) mass is 384 g/mol. The van der Waals surface area contributed by atoms with Crippen LogP contribution in [0.3, 0.4) is 0 Å². The summed E-state index contributed by atoms with van der Waals surface area (Å²) in [6, 6.07) is 13.7. The molecule has 0 spiro atoms. The van der Waals surface area contributed by atoms with E-state index in [0.29, 0.717) is 5.89 Å². The van der Waals surface area contributed by atoms with Gasteiger partial charge in [-0.1, -0.05) is 41.9 Å². The Kier molecular flexibility index (Phi) is 4.81. The van der Waals surface area contributed by atoms with Gasteiger partial charge in [0.25, 0.3) is 0 Å². The minimum atomic E-state index is -0.0451. The molecule has 5 heteroatoms. The SMILES string of the molecule is CC(C)C(=O)Nc1ccc(-c2cc(-c3ncco3)ccc2Br)cc1. The van der Waals surface area contributed by atoms with Crippen molar-refractivity contribution in [1.82, 2.24) is 4.98 Å². The smallest absolute Gasteiger partial charge is 0.226 e. The van der Waals surface area contributed by atoms with Crippen molar-refractivity contribution in [1.29, 1.82) is 0 Å². The molecule has 0 unspecified atom stereocenters. The Labute approximate surface area is 149 Å². The van der Waals surface area contributed by atoms with E-state index in [0.717, 1.165) is 26.9 Å². The van der Waals surface area contributed by atoms with Crippen LogP contribution in [-0.2, 0) is 4.79 Å². The van der Waals surface area contributed by atoms with Crippen molar-refractivity contribution in [2.24, 2.45) is 5.92 Å². The summed E-state index contributed by atoms with van der Waals surface area (Å²) in [5.41, 5.74) is 3.78. The molecule has 1 amide bonds. The van der Waals surface area contributed by atoms with Crippen LogP contribution >= 0.6 is 15.9 Å². The lowest BCUT2D eigenvalue weighted by molar-refractivity contribution is -0.118. The summed E-state index contributed by atoms with van der Waals surface area (Å²) >= 11 is 3.59. The van der Waals surface area contributed by atoms with Gasteiger partial charge in [0.05, 0.1) is 6.20 Å². The van der Waals surface area contributed by atoms with E-state index in [1.807, 2.05) is 56.3 Å². The second-order valence-electron chi connectivity index (χ2n) is 5.75. The standard InChI is InChI=1S/C19H17BrN2O2/c1-12(2)18(23)22-15-6-3-13(4-7-15)16-11-14(5-8-17(16)20)19-21-9-10-24-19/h3-12H,1-2H3,(H,22,23). The zero-order chi connectivity index (χ0) is 17.1. The highest BCUT2D eigenvalue weighted by Crippen LogP contribution is 2.33. The average Bonchev–Trinajstić information content (AvgIpc) is 3.10. The molecule has 0 fully saturated rings.